The topological polar surface area (TPSA) is 21.3 Å². The fourth-order valence-corrected chi connectivity index (χ4v) is 2.42. The monoisotopic (exact) mass is 269 g/mol. The standard InChI is InChI=1S/C18H23NO/c1-4-18(19-3)16-8-6-14(7-9-16)15-10-12-17(13-11-15)20-5-2/h6-13,18-19H,4-5H2,1-3H3. The Morgan fingerprint density at radius 3 is 1.90 bits per heavy atom. The second-order valence-electron chi connectivity index (χ2n) is 4.83. The molecule has 0 heterocycles. The van der Waals surface area contributed by atoms with Crippen LogP contribution in [0.2, 0.25) is 0 Å². The van der Waals surface area contributed by atoms with Crippen molar-refractivity contribution in [2.24, 2.45) is 0 Å². The van der Waals surface area contributed by atoms with E-state index >= 15 is 0 Å². The van der Waals surface area contributed by atoms with E-state index in [0.717, 1.165) is 12.2 Å². The maximum Gasteiger partial charge on any atom is 0.119 e. The Bertz CT molecular complexity index is 512. The second-order valence-corrected chi connectivity index (χ2v) is 4.83. The zero-order chi connectivity index (χ0) is 14.4. The SMILES string of the molecule is CCOc1ccc(-c2ccc(C(CC)NC)cc2)cc1. The third-order valence-electron chi connectivity index (χ3n) is 3.57. The molecule has 0 aromatic heterocycles. The molecule has 2 heteroatoms. The predicted octanol–water partition coefficient (Wildman–Crippen LogP) is 4.42. The minimum atomic E-state index is 0.435. The summed E-state index contributed by atoms with van der Waals surface area (Å²) in [4.78, 5) is 0. The van der Waals surface area contributed by atoms with Gasteiger partial charge in [0.1, 0.15) is 5.75 Å². The molecule has 106 valence electrons. The predicted molar refractivity (Wildman–Crippen MR) is 85.1 cm³/mol. The van der Waals surface area contributed by atoms with Gasteiger partial charge in [-0.05, 0) is 49.2 Å². The summed E-state index contributed by atoms with van der Waals surface area (Å²) in [5.74, 6) is 0.925. The van der Waals surface area contributed by atoms with Gasteiger partial charge >= 0.3 is 0 Å². The smallest absolute Gasteiger partial charge is 0.119 e. The molecule has 0 radical (unpaired) electrons. The molecule has 0 saturated carbocycles. The van der Waals surface area contributed by atoms with Gasteiger partial charge in [-0.2, -0.15) is 0 Å². The van der Waals surface area contributed by atoms with Crippen molar-refractivity contribution in [2.45, 2.75) is 26.3 Å². The molecule has 0 aliphatic heterocycles. The maximum absolute atomic E-state index is 5.47. The third kappa shape index (κ3) is 3.40. The van der Waals surface area contributed by atoms with E-state index in [1.54, 1.807) is 0 Å². The molecule has 2 nitrogen and oxygen atoms in total. The summed E-state index contributed by atoms with van der Waals surface area (Å²) < 4.78 is 5.47. The number of nitrogens with one attached hydrogen (secondary N) is 1. The largest absolute Gasteiger partial charge is 0.494 e. The second kappa shape index (κ2) is 7.11. The molecule has 2 rings (SSSR count). The molecular formula is C18H23NO. The average Bonchev–Trinajstić information content (AvgIpc) is 2.50. The van der Waals surface area contributed by atoms with Crippen molar-refractivity contribution in [3.05, 3.63) is 54.1 Å². The van der Waals surface area contributed by atoms with E-state index in [4.69, 9.17) is 4.74 Å². The Morgan fingerprint density at radius 1 is 0.900 bits per heavy atom. The van der Waals surface area contributed by atoms with Crippen molar-refractivity contribution in [1.29, 1.82) is 0 Å². The Kier molecular flexibility index (Phi) is 5.19. The van der Waals surface area contributed by atoms with Gasteiger partial charge in [0.25, 0.3) is 0 Å². The number of ether oxygens (including phenoxy) is 1. The van der Waals surface area contributed by atoms with Crippen LogP contribution in [0, 0.1) is 0 Å². The number of rotatable bonds is 6. The molecule has 0 spiro atoms. The highest BCUT2D eigenvalue weighted by Gasteiger charge is 2.06. The first-order valence-corrected chi connectivity index (χ1v) is 7.29. The summed E-state index contributed by atoms with van der Waals surface area (Å²) in [7, 11) is 2.01. The molecule has 2 aromatic carbocycles. The molecule has 20 heavy (non-hydrogen) atoms. The van der Waals surface area contributed by atoms with Crippen LogP contribution in [0.15, 0.2) is 48.5 Å². The van der Waals surface area contributed by atoms with Crippen LogP contribution < -0.4 is 10.1 Å². The van der Waals surface area contributed by atoms with Crippen molar-refractivity contribution in [3.8, 4) is 16.9 Å². The van der Waals surface area contributed by atoms with Gasteiger partial charge in [0.2, 0.25) is 0 Å². The van der Waals surface area contributed by atoms with Crippen LogP contribution in [-0.2, 0) is 0 Å². The van der Waals surface area contributed by atoms with E-state index in [0.29, 0.717) is 12.6 Å². The molecule has 2 aromatic rings. The minimum Gasteiger partial charge on any atom is -0.494 e. The Morgan fingerprint density at radius 2 is 1.45 bits per heavy atom. The summed E-state index contributed by atoms with van der Waals surface area (Å²) in [6.07, 6.45) is 1.10. The highest BCUT2D eigenvalue weighted by Crippen LogP contribution is 2.25. The highest BCUT2D eigenvalue weighted by atomic mass is 16.5. The quantitative estimate of drug-likeness (QED) is 0.838. The molecule has 0 saturated heterocycles. The average molecular weight is 269 g/mol. The van der Waals surface area contributed by atoms with E-state index < -0.39 is 0 Å². The normalized spacial score (nSPS) is 12.2. The maximum atomic E-state index is 5.47. The van der Waals surface area contributed by atoms with E-state index in [-0.39, 0.29) is 0 Å². The molecule has 0 amide bonds. The van der Waals surface area contributed by atoms with Crippen LogP contribution >= 0.6 is 0 Å². The summed E-state index contributed by atoms with van der Waals surface area (Å²) in [5.41, 5.74) is 3.80. The lowest BCUT2D eigenvalue weighted by Crippen LogP contribution is -2.14. The molecule has 0 aliphatic carbocycles. The van der Waals surface area contributed by atoms with Gasteiger partial charge in [0.15, 0.2) is 0 Å². The number of hydrogen-bond donors (Lipinski definition) is 1. The zero-order valence-electron chi connectivity index (χ0n) is 12.5. The van der Waals surface area contributed by atoms with Crippen molar-refractivity contribution < 1.29 is 4.74 Å². The van der Waals surface area contributed by atoms with Gasteiger partial charge < -0.3 is 10.1 Å². The van der Waals surface area contributed by atoms with Crippen LogP contribution in [0.4, 0.5) is 0 Å². The molecule has 0 fully saturated rings. The van der Waals surface area contributed by atoms with Crippen LogP contribution in [0.25, 0.3) is 11.1 Å². The Hall–Kier alpha value is -1.80. The van der Waals surface area contributed by atoms with Gasteiger partial charge in [-0.1, -0.05) is 43.3 Å². The van der Waals surface area contributed by atoms with Crippen LogP contribution in [0.3, 0.4) is 0 Å². The van der Waals surface area contributed by atoms with Crippen molar-refractivity contribution >= 4 is 0 Å². The van der Waals surface area contributed by atoms with Crippen molar-refractivity contribution in [2.75, 3.05) is 13.7 Å². The van der Waals surface area contributed by atoms with E-state index in [1.807, 2.05) is 26.1 Å². The van der Waals surface area contributed by atoms with Gasteiger partial charge in [-0.15, -0.1) is 0 Å². The van der Waals surface area contributed by atoms with Crippen molar-refractivity contribution in [3.63, 3.8) is 0 Å². The van der Waals surface area contributed by atoms with Gasteiger partial charge in [-0.3, -0.25) is 0 Å². The summed E-state index contributed by atoms with van der Waals surface area (Å²) in [6.45, 7) is 4.90. The molecule has 1 unspecified atom stereocenters. The fraction of sp³-hybridized carbons (Fsp3) is 0.333. The molecule has 0 aliphatic rings. The van der Waals surface area contributed by atoms with Gasteiger partial charge in [0, 0.05) is 6.04 Å². The van der Waals surface area contributed by atoms with Crippen molar-refractivity contribution in [1.82, 2.24) is 5.32 Å². The molecule has 0 bridgehead atoms. The Balaban J connectivity index is 2.17. The molecule has 1 atom stereocenters. The van der Waals surface area contributed by atoms with Gasteiger partial charge in [-0.25, -0.2) is 0 Å². The lowest BCUT2D eigenvalue weighted by Gasteiger charge is -2.14. The minimum absolute atomic E-state index is 0.435. The number of benzene rings is 2. The Labute approximate surface area is 121 Å². The first-order valence-electron chi connectivity index (χ1n) is 7.29. The van der Waals surface area contributed by atoms with Crippen LogP contribution in [0.1, 0.15) is 31.9 Å². The lowest BCUT2D eigenvalue weighted by molar-refractivity contribution is 0.340. The fourth-order valence-electron chi connectivity index (χ4n) is 2.42. The first-order chi connectivity index (χ1) is 9.78. The lowest BCUT2D eigenvalue weighted by atomic mass is 9.99. The zero-order valence-corrected chi connectivity index (χ0v) is 12.5. The van der Waals surface area contributed by atoms with Crippen LogP contribution in [-0.4, -0.2) is 13.7 Å². The third-order valence-corrected chi connectivity index (χ3v) is 3.57. The number of hydrogen-bond acceptors (Lipinski definition) is 2. The van der Waals surface area contributed by atoms with E-state index in [1.165, 1.54) is 16.7 Å². The molecule has 1 N–H and O–H groups in total. The first kappa shape index (κ1) is 14.6. The summed E-state index contributed by atoms with van der Waals surface area (Å²) >= 11 is 0. The summed E-state index contributed by atoms with van der Waals surface area (Å²) in [5, 5.41) is 3.33. The van der Waals surface area contributed by atoms with Crippen LogP contribution in [0.5, 0.6) is 5.75 Å². The van der Waals surface area contributed by atoms with E-state index in [9.17, 15) is 0 Å². The highest BCUT2D eigenvalue weighted by molar-refractivity contribution is 5.64. The van der Waals surface area contributed by atoms with Gasteiger partial charge in [0.05, 0.1) is 6.61 Å². The molecular weight excluding hydrogens is 246 g/mol. The summed E-state index contributed by atoms with van der Waals surface area (Å²) in [6, 6.07) is 17.5. The van der Waals surface area contributed by atoms with E-state index in [2.05, 4.69) is 48.6 Å².